The number of carboxylic acids is 1. The molecule has 2 rings (SSSR count). The molecule has 26 heavy (non-hydrogen) atoms. The molecular weight excluding hydrogens is 368 g/mol. The molecule has 0 saturated carbocycles. The van der Waals surface area contributed by atoms with E-state index in [2.05, 4.69) is 15.0 Å². The van der Waals surface area contributed by atoms with Gasteiger partial charge in [0.2, 0.25) is 0 Å². The van der Waals surface area contributed by atoms with Gasteiger partial charge >= 0.3 is 5.97 Å². The van der Waals surface area contributed by atoms with Gasteiger partial charge in [-0.3, -0.25) is 4.72 Å². The lowest BCUT2D eigenvalue weighted by atomic mass is 10.1. The van der Waals surface area contributed by atoms with Gasteiger partial charge in [-0.05, 0) is 30.2 Å². The molecule has 140 valence electrons. The number of aromatic nitrogens is 1. The quantitative estimate of drug-likeness (QED) is 0.676. The predicted octanol–water partition coefficient (Wildman–Crippen LogP) is 2.68. The van der Waals surface area contributed by atoms with Crippen molar-refractivity contribution in [1.29, 1.82) is 0 Å². The highest BCUT2D eigenvalue weighted by molar-refractivity contribution is 7.92. The van der Waals surface area contributed by atoms with Gasteiger partial charge in [-0.25, -0.2) is 27.0 Å². The number of carbonyl (C=O) groups is 1. The van der Waals surface area contributed by atoms with Gasteiger partial charge < -0.3 is 10.4 Å². The molecule has 0 spiro atoms. The van der Waals surface area contributed by atoms with Crippen molar-refractivity contribution in [3.63, 3.8) is 0 Å². The molecule has 0 unspecified atom stereocenters. The van der Waals surface area contributed by atoms with E-state index in [9.17, 15) is 22.0 Å². The molecule has 7 nitrogen and oxygen atoms in total. The fourth-order valence-corrected chi connectivity index (χ4v) is 3.11. The van der Waals surface area contributed by atoms with Gasteiger partial charge in [0.15, 0.2) is 0 Å². The second kappa shape index (κ2) is 7.65. The normalized spacial score (nSPS) is 12.7. The van der Waals surface area contributed by atoms with Crippen molar-refractivity contribution >= 4 is 27.5 Å². The first-order chi connectivity index (χ1) is 12.1. The Hall–Kier alpha value is -2.75. The summed E-state index contributed by atoms with van der Waals surface area (Å²) >= 11 is 0. The van der Waals surface area contributed by atoms with Gasteiger partial charge in [-0.1, -0.05) is 13.8 Å². The molecule has 0 bridgehead atoms. The van der Waals surface area contributed by atoms with Crippen LogP contribution in [-0.2, 0) is 14.8 Å². The third-order valence-corrected chi connectivity index (χ3v) is 4.76. The summed E-state index contributed by atoms with van der Waals surface area (Å²) in [6.45, 7) is 3.43. The standard InChI is InChI=1S/C16H17F2N3O4S/c1-9(2)15(16(22)23)20-14-4-3-13(8-19-14)26(24,25)21-12-6-10(17)5-11(18)7-12/h3-9,15,21H,1-2H3,(H,19,20)(H,22,23)/t15-/m0/s1. The molecule has 1 heterocycles. The van der Waals surface area contributed by atoms with Crippen LogP contribution in [-0.4, -0.2) is 30.5 Å². The van der Waals surface area contributed by atoms with E-state index in [0.29, 0.717) is 6.07 Å². The summed E-state index contributed by atoms with van der Waals surface area (Å²) in [7, 11) is -4.11. The topological polar surface area (TPSA) is 108 Å². The van der Waals surface area contributed by atoms with Gasteiger partial charge in [0, 0.05) is 12.3 Å². The monoisotopic (exact) mass is 385 g/mol. The average molecular weight is 385 g/mol. The Kier molecular flexibility index (Phi) is 5.76. The molecule has 0 aliphatic carbocycles. The molecule has 3 N–H and O–H groups in total. The van der Waals surface area contributed by atoms with Crippen molar-refractivity contribution in [2.24, 2.45) is 5.92 Å². The highest BCUT2D eigenvalue weighted by atomic mass is 32.2. The number of aliphatic carboxylic acids is 1. The number of halogens is 2. The largest absolute Gasteiger partial charge is 0.480 e. The van der Waals surface area contributed by atoms with E-state index in [-0.39, 0.29) is 22.3 Å². The number of hydrogen-bond acceptors (Lipinski definition) is 5. The lowest BCUT2D eigenvalue weighted by Crippen LogP contribution is -2.34. The van der Waals surface area contributed by atoms with E-state index in [4.69, 9.17) is 5.11 Å². The summed E-state index contributed by atoms with van der Waals surface area (Å²) < 4.78 is 52.9. The number of nitrogens with zero attached hydrogens (tertiary/aromatic N) is 1. The minimum absolute atomic E-state index is 0.182. The summed E-state index contributed by atoms with van der Waals surface area (Å²) in [6.07, 6.45) is 1.01. The van der Waals surface area contributed by atoms with Crippen molar-refractivity contribution in [2.45, 2.75) is 24.8 Å². The maximum atomic E-state index is 13.2. The van der Waals surface area contributed by atoms with E-state index >= 15 is 0 Å². The molecule has 1 atom stereocenters. The van der Waals surface area contributed by atoms with Crippen molar-refractivity contribution in [3.8, 4) is 0 Å². The molecule has 0 aliphatic rings. The SMILES string of the molecule is CC(C)[C@H](Nc1ccc(S(=O)(=O)Nc2cc(F)cc(F)c2)cn1)C(=O)O. The van der Waals surface area contributed by atoms with Crippen molar-refractivity contribution in [2.75, 3.05) is 10.0 Å². The Morgan fingerprint density at radius 2 is 1.77 bits per heavy atom. The van der Waals surface area contributed by atoms with Crippen LogP contribution < -0.4 is 10.0 Å². The van der Waals surface area contributed by atoms with Crippen LogP contribution >= 0.6 is 0 Å². The van der Waals surface area contributed by atoms with Crippen LogP contribution in [0.25, 0.3) is 0 Å². The first kappa shape index (κ1) is 19.6. The van der Waals surface area contributed by atoms with Crippen LogP contribution in [0.4, 0.5) is 20.3 Å². The number of nitrogens with one attached hydrogen (secondary N) is 2. The maximum absolute atomic E-state index is 13.2. The van der Waals surface area contributed by atoms with Crippen molar-refractivity contribution in [1.82, 2.24) is 4.98 Å². The first-order valence-electron chi connectivity index (χ1n) is 7.53. The van der Waals surface area contributed by atoms with E-state index in [0.717, 1.165) is 18.3 Å². The second-order valence-electron chi connectivity index (χ2n) is 5.85. The van der Waals surface area contributed by atoms with Gasteiger partial charge in [0.1, 0.15) is 28.4 Å². The minimum Gasteiger partial charge on any atom is -0.480 e. The molecule has 10 heteroatoms. The predicted molar refractivity (Wildman–Crippen MR) is 91.3 cm³/mol. The molecule has 1 aromatic carbocycles. The third kappa shape index (κ3) is 4.88. The zero-order chi connectivity index (χ0) is 19.5. The highest BCUT2D eigenvalue weighted by Gasteiger charge is 2.22. The van der Waals surface area contributed by atoms with Crippen LogP contribution in [0.1, 0.15) is 13.8 Å². The van der Waals surface area contributed by atoms with Gasteiger partial charge in [0.05, 0.1) is 5.69 Å². The molecule has 0 saturated heterocycles. The van der Waals surface area contributed by atoms with Gasteiger partial charge in [-0.2, -0.15) is 0 Å². The Morgan fingerprint density at radius 3 is 2.23 bits per heavy atom. The Bertz CT molecular complexity index is 882. The van der Waals surface area contributed by atoms with Gasteiger partial charge in [0.25, 0.3) is 10.0 Å². The number of hydrogen-bond donors (Lipinski definition) is 3. The highest BCUT2D eigenvalue weighted by Crippen LogP contribution is 2.19. The summed E-state index contributed by atoms with van der Waals surface area (Å²) in [4.78, 5) is 14.8. The number of sulfonamides is 1. The maximum Gasteiger partial charge on any atom is 0.326 e. The van der Waals surface area contributed by atoms with E-state index in [1.165, 1.54) is 12.1 Å². The Balaban J connectivity index is 2.19. The Labute approximate surface area is 149 Å². The van der Waals surface area contributed by atoms with E-state index in [1.807, 2.05) is 0 Å². The zero-order valence-corrected chi connectivity index (χ0v) is 14.7. The summed E-state index contributed by atoms with van der Waals surface area (Å²) in [5.74, 6) is -2.94. The zero-order valence-electron chi connectivity index (χ0n) is 13.9. The number of anilines is 2. The van der Waals surface area contributed by atoms with E-state index < -0.39 is 33.7 Å². The molecule has 0 amide bonds. The molecule has 0 radical (unpaired) electrons. The molecule has 1 aromatic heterocycles. The summed E-state index contributed by atoms with van der Waals surface area (Å²) in [5, 5.41) is 11.8. The molecule has 0 fully saturated rings. The fourth-order valence-electron chi connectivity index (χ4n) is 2.12. The fraction of sp³-hybridized carbons (Fsp3) is 0.250. The van der Waals surface area contributed by atoms with Crippen LogP contribution in [0, 0.1) is 17.6 Å². The average Bonchev–Trinajstić information content (AvgIpc) is 2.51. The Morgan fingerprint density at radius 1 is 1.15 bits per heavy atom. The van der Waals surface area contributed by atoms with Gasteiger partial charge in [-0.15, -0.1) is 0 Å². The number of benzene rings is 1. The second-order valence-corrected chi connectivity index (χ2v) is 7.53. The van der Waals surface area contributed by atoms with Crippen LogP contribution in [0.5, 0.6) is 0 Å². The lowest BCUT2D eigenvalue weighted by molar-refractivity contribution is -0.138. The number of pyridine rings is 1. The number of carboxylic acid groups (broad SMARTS) is 1. The summed E-state index contributed by atoms with van der Waals surface area (Å²) in [6, 6.07) is 3.91. The lowest BCUT2D eigenvalue weighted by Gasteiger charge is -2.18. The molecule has 2 aromatic rings. The van der Waals surface area contributed by atoms with Crippen LogP contribution in [0.15, 0.2) is 41.4 Å². The van der Waals surface area contributed by atoms with Crippen molar-refractivity contribution in [3.05, 3.63) is 48.2 Å². The smallest absolute Gasteiger partial charge is 0.326 e. The number of rotatable bonds is 7. The first-order valence-corrected chi connectivity index (χ1v) is 9.01. The molecule has 0 aliphatic heterocycles. The van der Waals surface area contributed by atoms with Crippen LogP contribution in [0.2, 0.25) is 0 Å². The van der Waals surface area contributed by atoms with Crippen molar-refractivity contribution < 1.29 is 27.1 Å². The minimum atomic E-state index is -4.11. The summed E-state index contributed by atoms with van der Waals surface area (Å²) in [5.41, 5.74) is -0.268. The third-order valence-electron chi connectivity index (χ3n) is 3.40. The molecular formula is C16H17F2N3O4S. The van der Waals surface area contributed by atoms with E-state index in [1.54, 1.807) is 13.8 Å². The van der Waals surface area contributed by atoms with Crippen LogP contribution in [0.3, 0.4) is 0 Å².